The van der Waals surface area contributed by atoms with Crippen LogP contribution in [0, 0.1) is 0 Å². The molecule has 40 nitrogen and oxygen atoms in total. The Hall–Kier alpha value is -16.5. The number of aromatic nitrogens is 6. The van der Waals surface area contributed by atoms with Gasteiger partial charge in [-0.1, -0.05) is 170 Å². The van der Waals surface area contributed by atoms with Crippen molar-refractivity contribution in [2.75, 3.05) is 211 Å². The van der Waals surface area contributed by atoms with Crippen molar-refractivity contribution in [2.45, 2.75) is 65.7 Å². The second-order valence-electron chi connectivity index (χ2n) is 34.6. The molecule has 10 aromatic rings. The van der Waals surface area contributed by atoms with Crippen molar-refractivity contribution in [2.24, 2.45) is 0 Å². The zero-order valence-corrected chi connectivity index (χ0v) is 81.1. The summed E-state index contributed by atoms with van der Waals surface area (Å²) in [6.07, 6.45) is 3.40. The molecule has 2 saturated heterocycles. The molecule has 4 aliphatic heterocycles. The zero-order valence-electron chi connectivity index (χ0n) is 81.1. The summed E-state index contributed by atoms with van der Waals surface area (Å²) in [5.41, 5.74) is 1.68. The molecule has 0 aliphatic carbocycles. The van der Waals surface area contributed by atoms with Crippen LogP contribution in [-0.2, 0) is 112 Å². The van der Waals surface area contributed by atoms with Crippen molar-refractivity contribution in [1.82, 2.24) is 69.2 Å². The number of amides is 16. The van der Waals surface area contributed by atoms with Gasteiger partial charge in [-0.3, -0.25) is 86.1 Å². The molecule has 14 rings (SSSR count). The van der Waals surface area contributed by atoms with Gasteiger partial charge in [0.15, 0.2) is 0 Å². The molecule has 0 unspecified atom stereocenters. The Labute approximate surface area is 833 Å². The Kier molecular flexibility index (Phi) is 37.9. The smallest absolute Gasteiger partial charge is 0.247 e. The molecule has 0 radical (unpaired) electrons. The number of fused-ring (bicyclic) bond motifs is 24. The first-order valence-corrected chi connectivity index (χ1v) is 47.7. The highest BCUT2D eigenvalue weighted by Crippen LogP contribution is 2.27. The maximum Gasteiger partial charge on any atom is 0.247 e. The SMILES string of the molecule is CCCN1CC(=O)N(c2ccccc2)CC(=O)N(c2ccccc2)CC(=O)N2CC(=O)N(CCOC)CC(=O)N(c3ccccc3)CC(=O)N(c3ccccc3)CC(=O)N(CCCn3cc(nn3)CN3CC(=O)N(CCC)CC(=O)N(c4ccccc4)CC(=O)N(c4ccccc4)CC(=O)N(CCCn4cc(nn4)C2)CC(=O)N(CCOC)CC(=O)N(c2ccccc2)CC(=O)N(c2ccccc2)CC3=O)CC1=O. The number of ether oxygens (including phenoxy) is 2. The fourth-order valence-corrected chi connectivity index (χ4v) is 16.8. The van der Waals surface area contributed by atoms with Crippen molar-refractivity contribution in [3.8, 4) is 0 Å². The van der Waals surface area contributed by atoms with E-state index in [0.717, 1.165) is 49.0 Å². The summed E-state index contributed by atoms with van der Waals surface area (Å²) in [6, 6.07) is 64.9. The fourth-order valence-electron chi connectivity index (χ4n) is 16.8. The van der Waals surface area contributed by atoms with E-state index in [2.05, 4.69) is 20.6 Å². The molecule has 2 aromatic heterocycles. The van der Waals surface area contributed by atoms with Gasteiger partial charge in [0.05, 0.1) is 51.8 Å². The van der Waals surface area contributed by atoms with Gasteiger partial charge in [-0.25, -0.2) is 0 Å². The molecule has 0 saturated carbocycles. The average Bonchev–Trinajstić information content (AvgIpc) is 0.979. The molecule has 8 aromatic carbocycles. The number of carbonyl (C=O) groups excluding carboxylic acids is 16. The van der Waals surface area contributed by atoms with Crippen molar-refractivity contribution in [3.63, 3.8) is 0 Å². The number of rotatable bonds is 18. The number of nitrogens with zero attached hydrogens (tertiary/aromatic N) is 22. The summed E-state index contributed by atoms with van der Waals surface area (Å²) in [7, 11) is 2.76. The molecule has 0 spiro atoms. The van der Waals surface area contributed by atoms with E-state index in [-0.39, 0.29) is 148 Å². The summed E-state index contributed by atoms with van der Waals surface area (Å²) in [5.74, 6) is -12.9. The van der Waals surface area contributed by atoms with Crippen LogP contribution in [-0.4, -0.2) is 335 Å². The van der Waals surface area contributed by atoms with Crippen LogP contribution < -0.4 is 39.2 Å². The lowest BCUT2D eigenvalue weighted by Crippen LogP contribution is -2.54. The normalized spacial score (nSPS) is 17.2. The van der Waals surface area contributed by atoms with Crippen LogP contribution in [0.4, 0.5) is 45.5 Å². The van der Waals surface area contributed by atoms with Gasteiger partial charge in [0, 0.05) is 112 Å². The molecule has 4 aliphatic rings. The molecular formula is C104H118N22O18. The minimum Gasteiger partial charge on any atom is -0.383 e. The molecule has 2 fully saturated rings. The van der Waals surface area contributed by atoms with Gasteiger partial charge < -0.3 is 87.9 Å². The van der Waals surface area contributed by atoms with Crippen molar-refractivity contribution < 1.29 is 86.2 Å². The second kappa shape index (κ2) is 52.1. The minimum absolute atomic E-state index is 0.0298. The molecule has 40 heteroatoms. The van der Waals surface area contributed by atoms with Crippen LogP contribution in [0.1, 0.15) is 50.9 Å². The summed E-state index contributed by atoms with van der Waals surface area (Å²) in [4.78, 5) is 270. The van der Waals surface area contributed by atoms with Crippen LogP contribution in [0.3, 0.4) is 0 Å². The van der Waals surface area contributed by atoms with Gasteiger partial charge in [0.25, 0.3) is 0 Å². The quantitative estimate of drug-likeness (QED) is 0.0970. The van der Waals surface area contributed by atoms with Gasteiger partial charge in [0.1, 0.15) is 103 Å². The Morgan fingerprint density at radius 1 is 0.215 bits per heavy atom. The largest absolute Gasteiger partial charge is 0.383 e. The molecule has 752 valence electrons. The highest BCUT2D eigenvalue weighted by Gasteiger charge is 2.39. The van der Waals surface area contributed by atoms with E-state index in [0.29, 0.717) is 0 Å². The van der Waals surface area contributed by atoms with Crippen LogP contribution in [0.5, 0.6) is 0 Å². The first-order chi connectivity index (χ1) is 69.8. The van der Waals surface area contributed by atoms with Crippen LogP contribution >= 0.6 is 0 Å². The topological polar surface area (TPSA) is 405 Å². The summed E-state index contributed by atoms with van der Waals surface area (Å²) >= 11 is 0. The fraction of sp³-hybridized carbons (Fsp3) is 0.346. The number of aryl methyl sites for hydroxylation is 2. The van der Waals surface area contributed by atoms with Gasteiger partial charge in [-0.05, 0) is 123 Å². The van der Waals surface area contributed by atoms with Crippen molar-refractivity contribution in [1.29, 1.82) is 0 Å². The molecule has 0 N–H and O–H groups in total. The lowest BCUT2D eigenvalue weighted by atomic mass is 10.2. The Morgan fingerprint density at radius 2 is 0.410 bits per heavy atom. The Morgan fingerprint density at radius 3 is 0.625 bits per heavy atom. The van der Waals surface area contributed by atoms with E-state index in [1.165, 1.54) is 65.4 Å². The third kappa shape index (κ3) is 28.9. The van der Waals surface area contributed by atoms with Gasteiger partial charge in [0.2, 0.25) is 94.5 Å². The number of methoxy groups -OCH3 is 2. The highest BCUT2D eigenvalue weighted by atomic mass is 16.5. The first-order valence-electron chi connectivity index (χ1n) is 47.7. The maximum absolute atomic E-state index is 16.0. The molecule has 144 heavy (non-hydrogen) atoms. The third-order valence-electron chi connectivity index (χ3n) is 24.4. The predicted octanol–water partition coefficient (Wildman–Crippen LogP) is 5.40. The molecular weight excluding hydrogens is 1850 g/mol. The van der Waals surface area contributed by atoms with E-state index >= 15 is 76.7 Å². The minimum atomic E-state index is -0.870. The van der Waals surface area contributed by atoms with E-state index in [1.807, 2.05) is 0 Å². The predicted molar refractivity (Wildman–Crippen MR) is 534 cm³/mol. The van der Waals surface area contributed by atoms with Crippen molar-refractivity contribution >= 4 is 140 Å². The molecule has 16 amide bonds. The van der Waals surface area contributed by atoms with Crippen LogP contribution in [0.25, 0.3) is 0 Å². The zero-order chi connectivity index (χ0) is 102. The van der Waals surface area contributed by atoms with E-state index in [4.69, 9.17) is 9.47 Å². The molecule has 0 atom stereocenters. The summed E-state index contributed by atoms with van der Waals surface area (Å²) < 4.78 is 13.9. The molecule has 6 heterocycles. The molecule has 8 bridgehead atoms. The number of hydrogen-bond donors (Lipinski definition) is 0. The van der Waals surface area contributed by atoms with E-state index in [9.17, 15) is 0 Å². The van der Waals surface area contributed by atoms with Crippen molar-refractivity contribution in [3.05, 3.63) is 266 Å². The number of para-hydroxylation sites is 8. The highest BCUT2D eigenvalue weighted by molar-refractivity contribution is 6.12. The number of hydrogen-bond acceptors (Lipinski definition) is 22. The number of anilines is 8. The average molecular weight is 1960 g/mol. The number of carbonyl (C=O) groups is 16. The summed E-state index contributed by atoms with van der Waals surface area (Å²) in [6.45, 7) is -11.3. The third-order valence-corrected chi connectivity index (χ3v) is 24.4. The monoisotopic (exact) mass is 1960 g/mol. The van der Waals surface area contributed by atoms with Gasteiger partial charge in [-0.2, -0.15) is 0 Å². The Bertz CT molecular complexity index is 5930. The maximum atomic E-state index is 16.0. The van der Waals surface area contributed by atoms with Gasteiger partial charge in [-0.15, -0.1) is 10.2 Å². The standard InChI is InChI=1S/C104H118N22O18/c1-5-49-109-67-97(135)124(86-43-25-12-26-44-86)77-103(141)122(84-39-21-10-22-40-84)74-96(134)116-60-80-62-118(108-106-80)54-32-52-112-64-90(128)113(55-57-143-3)69-99(137)126(88-47-29-14-30-48-88)78-104(142)121(83-37-19-9-20-38-83)73-95(133)115(65-91(129)110(50-6-2)68-98(136)123(85-41-23-11-24-42-85)75-101(139)120(72-94(112)132)82-35-17-8-18-36-82)59-79-61-117(107-105-79)53-31-51-111(63-89(109)127)93(131)71-119(81-33-15-7-16-34-81)102(140)76-125(87-45-27-13-28-46-87)100(138)70-114(56-58-144-4)92(130)66-116/h7-30,33-48,61-62H,5-6,31-32,49-60,63-78H2,1-4H3. The van der Waals surface area contributed by atoms with Crippen LogP contribution in [0.2, 0.25) is 0 Å². The van der Waals surface area contributed by atoms with Crippen LogP contribution in [0.15, 0.2) is 255 Å². The van der Waals surface area contributed by atoms with E-state index < -0.39 is 212 Å². The summed E-state index contributed by atoms with van der Waals surface area (Å²) in [5, 5.41) is 17.9. The first kappa shape index (κ1) is 105. The lowest BCUT2D eigenvalue weighted by molar-refractivity contribution is -0.142. The number of benzene rings is 8. The lowest BCUT2D eigenvalue weighted by Gasteiger charge is -2.33. The second-order valence-corrected chi connectivity index (χ2v) is 34.6. The van der Waals surface area contributed by atoms with Gasteiger partial charge >= 0.3 is 0 Å². The van der Waals surface area contributed by atoms with E-state index in [1.54, 1.807) is 257 Å². The Balaban J connectivity index is 0.984.